The van der Waals surface area contributed by atoms with Crippen LogP contribution in [-0.4, -0.2) is 20.1 Å². The van der Waals surface area contributed by atoms with Crippen LogP contribution < -0.4 is 72.6 Å². The molecule has 18 aromatic carbocycles. The molecular formula is C129H101B3N6OS. The molecule has 2 saturated carbocycles. The van der Waals surface area contributed by atoms with Crippen LogP contribution in [0.3, 0.4) is 0 Å². The van der Waals surface area contributed by atoms with Crippen molar-refractivity contribution in [3.63, 3.8) is 0 Å². The minimum atomic E-state index is -0.0805. The Kier molecular flexibility index (Phi) is 20.5. The monoisotopic (exact) mass is 1810 g/mol. The molecule has 0 amide bonds. The molecule has 140 heavy (non-hydrogen) atoms. The van der Waals surface area contributed by atoms with E-state index in [1.807, 2.05) is 11.3 Å². The van der Waals surface area contributed by atoms with Gasteiger partial charge < -0.3 is 33.8 Å². The van der Waals surface area contributed by atoms with Crippen LogP contribution in [0.1, 0.15) is 118 Å². The second-order valence-corrected chi connectivity index (χ2v) is 40.7. The first kappa shape index (κ1) is 83.6. The number of thiophene rings is 1. The molecule has 29 rings (SSSR count). The molecule has 6 aliphatic heterocycles. The van der Waals surface area contributed by atoms with E-state index in [1.54, 1.807) is 5.47 Å². The Balaban J connectivity index is 0.000000106. The van der Waals surface area contributed by atoms with Crippen LogP contribution in [0.25, 0.3) is 48.9 Å². The number of hydrogen-bond acceptors (Lipinski definition) is 8. The lowest BCUT2D eigenvalue weighted by molar-refractivity contribution is 0.443. The fourth-order valence-electron chi connectivity index (χ4n) is 25.5. The topological polar surface area (TPSA) is 32.6 Å². The van der Waals surface area contributed by atoms with E-state index in [9.17, 15) is 0 Å². The Hall–Kier alpha value is -15.8. The van der Waals surface area contributed by atoms with E-state index in [0.717, 1.165) is 73.5 Å². The van der Waals surface area contributed by atoms with Gasteiger partial charge in [0.2, 0.25) is 6.71 Å². The van der Waals surface area contributed by atoms with Crippen LogP contribution in [0.4, 0.5) is 102 Å². The number of hydrogen-bond donors (Lipinski definition) is 0. The van der Waals surface area contributed by atoms with Gasteiger partial charge in [-0.3, -0.25) is 0 Å². The second kappa shape index (κ2) is 34.4. The Morgan fingerprint density at radius 2 is 0.679 bits per heavy atom. The zero-order valence-corrected chi connectivity index (χ0v) is 79.4. The van der Waals surface area contributed by atoms with Crippen molar-refractivity contribution in [1.29, 1.82) is 0 Å². The number of para-hydroxylation sites is 10. The van der Waals surface area contributed by atoms with Crippen molar-refractivity contribution in [2.75, 3.05) is 29.4 Å². The smallest absolute Gasteiger partial charge is 0.293 e. The number of rotatable bonds is 14. The molecule has 0 saturated heterocycles. The van der Waals surface area contributed by atoms with E-state index in [0.29, 0.717) is 11.8 Å². The van der Waals surface area contributed by atoms with Gasteiger partial charge in [0.1, 0.15) is 5.58 Å². The van der Waals surface area contributed by atoms with Gasteiger partial charge in [0.25, 0.3) is 13.4 Å². The first-order valence-electron chi connectivity index (χ1n) is 50.3. The standard InChI is InChI=1S/C47H41BN2.C44H35BN2S.C38H25BN2O/c1-47(2)40-26-16-15-25-38(40)44-39-29-33(32-17-7-3-8-18-32)30-43-45(39)48(46(44)47)41-28-27-37(31-42(41)50(43)36-23-13-6-14-24-36)49(34-19-9-4-10-20-34)35-21-11-5-12-22-35;1-5-15-30(16-6-1)31-27-37-42-36-23-13-14-24-41(36)48-44(42)45-38-26-25-35(46(32-17-7-2-8-18-32)33-19-9-3-10-20-33)29-39(38)47(40(28-31)43(37)45)34-21-11-4-12-22-34;1-4-13-26(14-5-1)40(27-15-6-2-7-16-27)29-23-24-30-35(25-29)42-38-36(30)31-19-12-22-34-37(31)39(38)32-20-10-11-21-33(32)41(34)28-17-8-3-9-18-28/h4-6,9-16,19-32H,3,7-8,17-18H2,1-2H3;2-4,7-14,17-30H,1,5-6,15-16H2;1-25H. The fourth-order valence-corrected chi connectivity index (χ4v) is 26.8. The van der Waals surface area contributed by atoms with Crippen LogP contribution in [0.15, 0.2) is 453 Å². The molecular weight excluding hydrogens is 1710 g/mol. The molecule has 0 unspecified atom stereocenters. The summed E-state index contributed by atoms with van der Waals surface area (Å²) in [6.45, 7) is 5.40. The van der Waals surface area contributed by atoms with Gasteiger partial charge in [-0.25, -0.2) is 0 Å². The normalized spacial score (nSPS) is 15.0. The minimum Gasteiger partial charge on any atom is -0.470 e. The third-order valence-electron chi connectivity index (χ3n) is 31.5. The van der Waals surface area contributed by atoms with Crippen LogP contribution in [0.2, 0.25) is 0 Å². The van der Waals surface area contributed by atoms with Gasteiger partial charge in [0.05, 0.1) is 5.66 Å². The maximum absolute atomic E-state index is 6.90. The summed E-state index contributed by atoms with van der Waals surface area (Å²) >= 11 is 2.00. The van der Waals surface area contributed by atoms with Gasteiger partial charge in [-0.1, -0.05) is 319 Å². The van der Waals surface area contributed by atoms with Gasteiger partial charge >= 0.3 is 0 Å². The Morgan fingerprint density at radius 1 is 0.286 bits per heavy atom. The van der Waals surface area contributed by atoms with E-state index in [-0.39, 0.29) is 25.6 Å². The Bertz CT molecular complexity index is 8090. The third-order valence-corrected chi connectivity index (χ3v) is 32.7. The van der Waals surface area contributed by atoms with Gasteiger partial charge in [0.15, 0.2) is 0 Å². The van der Waals surface area contributed by atoms with Crippen LogP contribution >= 0.6 is 11.3 Å². The average Bonchev–Trinajstić information content (AvgIpc) is 1.50. The van der Waals surface area contributed by atoms with Crippen molar-refractivity contribution in [3.8, 4) is 22.3 Å². The predicted octanol–water partition coefficient (Wildman–Crippen LogP) is 30.1. The van der Waals surface area contributed by atoms with Crippen molar-refractivity contribution < 1.29 is 4.42 Å². The summed E-state index contributed by atoms with van der Waals surface area (Å²) in [7, 11) is 0. The molecule has 668 valence electrons. The minimum absolute atomic E-state index is 0.0533. The first-order chi connectivity index (χ1) is 69.3. The fraction of sp³-hybridized carbons (Fsp3) is 0.116. The third kappa shape index (κ3) is 13.7. The van der Waals surface area contributed by atoms with Crippen molar-refractivity contribution in [2.24, 2.45) is 0 Å². The number of furan rings is 1. The zero-order chi connectivity index (χ0) is 92.6. The molecule has 11 heteroatoms. The maximum Gasteiger partial charge on any atom is 0.293 e. The molecule has 0 bridgehead atoms. The number of anilines is 18. The second-order valence-electron chi connectivity index (χ2n) is 39.6. The molecule has 9 aliphatic rings. The summed E-state index contributed by atoms with van der Waals surface area (Å²) < 4.78 is 9.79. The highest BCUT2D eigenvalue weighted by Gasteiger charge is 2.54. The van der Waals surface area contributed by atoms with Gasteiger partial charge in [0, 0.05) is 130 Å². The first-order valence-corrected chi connectivity index (χ1v) is 51.2. The van der Waals surface area contributed by atoms with E-state index < -0.39 is 0 Å². The van der Waals surface area contributed by atoms with Gasteiger partial charge in [-0.05, 0) is 306 Å². The predicted molar refractivity (Wildman–Crippen MR) is 595 cm³/mol. The molecule has 2 aromatic heterocycles. The zero-order valence-electron chi connectivity index (χ0n) is 78.6. The van der Waals surface area contributed by atoms with Gasteiger partial charge in [-0.15, -0.1) is 11.3 Å². The lowest BCUT2D eigenvalue weighted by Crippen LogP contribution is -2.54. The lowest BCUT2D eigenvalue weighted by Gasteiger charge is -2.40. The molecule has 2 fully saturated rings. The molecule has 0 spiro atoms. The van der Waals surface area contributed by atoms with E-state index in [1.165, 1.54) is 213 Å². The number of allylic oxidation sites excluding steroid dienone is 1. The molecule has 0 radical (unpaired) electrons. The summed E-state index contributed by atoms with van der Waals surface area (Å²) in [6.07, 6.45) is 13.2. The van der Waals surface area contributed by atoms with Crippen molar-refractivity contribution >= 4 is 204 Å². The quantitative estimate of drug-likeness (QED) is 0.100. The van der Waals surface area contributed by atoms with E-state index >= 15 is 0 Å². The van der Waals surface area contributed by atoms with Crippen LogP contribution in [-0.2, 0) is 5.41 Å². The Morgan fingerprint density at radius 3 is 1.19 bits per heavy atom. The lowest BCUT2D eigenvalue weighted by atomic mass is 9.33. The van der Waals surface area contributed by atoms with Gasteiger partial charge in [-0.2, -0.15) is 0 Å². The van der Waals surface area contributed by atoms with Crippen molar-refractivity contribution in [2.45, 2.75) is 95.3 Å². The van der Waals surface area contributed by atoms with Crippen LogP contribution in [0, 0.1) is 0 Å². The summed E-state index contributed by atoms with van der Waals surface area (Å²) in [6, 6.07) is 162. The molecule has 0 N–H and O–H groups in total. The summed E-state index contributed by atoms with van der Waals surface area (Å²) in [5, 5.41) is 2.56. The maximum atomic E-state index is 6.90. The van der Waals surface area contributed by atoms with E-state index in [4.69, 9.17) is 4.42 Å². The molecule has 7 nitrogen and oxygen atoms in total. The van der Waals surface area contributed by atoms with Crippen molar-refractivity contribution in [3.05, 3.63) is 476 Å². The molecule has 8 heterocycles. The highest BCUT2D eigenvalue weighted by molar-refractivity contribution is 7.34. The highest BCUT2D eigenvalue weighted by Crippen LogP contribution is 2.58. The summed E-state index contributed by atoms with van der Waals surface area (Å²) in [5.41, 5.74) is 47.6. The van der Waals surface area contributed by atoms with E-state index in [2.05, 4.69) is 486 Å². The largest absolute Gasteiger partial charge is 0.470 e. The Labute approximate surface area is 825 Å². The number of benzene rings is 18. The summed E-state index contributed by atoms with van der Waals surface area (Å²) in [5.74, 6) is 1.22. The molecule has 20 aromatic rings. The molecule has 0 atom stereocenters. The van der Waals surface area contributed by atoms with Crippen LogP contribution in [0.5, 0.6) is 0 Å². The molecule has 3 aliphatic carbocycles. The number of fused-ring (bicyclic) bond motifs is 20. The number of nitrogens with zero attached hydrogens (tertiary/aromatic N) is 6. The SMILES string of the molecule is CC1(C)C2=C(c3ccccc31)c1cc(C3CCCCC3)cc3c1B2c1ccc(N(c2ccccc2)c2ccccc2)cc1N3c1ccccc1.c1ccc(N(c2ccccc2)c2ccc3c(c2)N(c2ccccc2)c2cc(C4CCCCC4)cc4c2B3c2sc3ccccc3c2-4)cc1.c1ccc(N(c2ccccc2)c2ccc3c4c(oc3c2)B2c3ccccc3N(c3ccccc3)c3cccc-4c32)cc1. The average molecular weight is 1820 g/mol. The van der Waals surface area contributed by atoms with Crippen molar-refractivity contribution in [1.82, 2.24) is 0 Å². The highest BCUT2D eigenvalue weighted by atomic mass is 32.1. The summed E-state index contributed by atoms with van der Waals surface area (Å²) in [4.78, 5) is 14.6.